The van der Waals surface area contributed by atoms with E-state index in [2.05, 4.69) is 54.0 Å². The van der Waals surface area contributed by atoms with Crippen molar-refractivity contribution in [2.24, 2.45) is 0 Å². The highest BCUT2D eigenvalue weighted by molar-refractivity contribution is 6.30. The first-order valence-corrected chi connectivity index (χ1v) is 11.0. The van der Waals surface area contributed by atoms with Gasteiger partial charge in [0.1, 0.15) is 0 Å². The summed E-state index contributed by atoms with van der Waals surface area (Å²) in [5, 5.41) is 0.779. The van der Waals surface area contributed by atoms with Crippen LogP contribution in [0.5, 0.6) is 0 Å². The Morgan fingerprint density at radius 3 is 2.38 bits per heavy atom. The van der Waals surface area contributed by atoms with Crippen molar-refractivity contribution in [3.05, 3.63) is 64.7 Å². The third-order valence-corrected chi connectivity index (χ3v) is 6.40. The van der Waals surface area contributed by atoms with Crippen LogP contribution in [0.2, 0.25) is 5.02 Å². The molecule has 0 N–H and O–H groups in total. The second-order valence-electron chi connectivity index (χ2n) is 8.42. The fraction of sp³-hybridized carbons (Fsp3) is 0.458. The summed E-state index contributed by atoms with van der Waals surface area (Å²) in [6.45, 7) is 9.01. The highest BCUT2D eigenvalue weighted by Gasteiger charge is 2.36. The molecule has 1 unspecified atom stereocenters. The van der Waals surface area contributed by atoms with E-state index in [0.717, 1.165) is 56.3 Å². The Bertz CT molecular complexity index is 843. The maximum Gasteiger partial charge on any atom is 0.244 e. The summed E-state index contributed by atoms with van der Waals surface area (Å²) in [4.78, 5) is 20.4. The molecule has 1 atom stereocenters. The van der Waals surface area contributed by atoms with Crippen LogP contribution in [0.1, 0.15) is 31.4 Å². The van der Waals surface area contributed by atoms with Gasteiger partial charge in [-0.25, -0.2) is 0 Å². The highest BCUT2D eigenvalue weighted by atomic mass is 35.5. The predicted octanol–water partition coefficient (Wildman–Crippen LogP) is 4.21. The molecule has 29 heavy (non-hydrogen) atoms. The number of halogens is 1. The first-order chi connectivity index (χ1) is 14.0. The van der Waals surface area contributed by atoms with Crippen molar-refractivity contribution in [1.82, 2.24) is 9.80 Å². The van der Waals surface area contributed by atoms with Gasteiger partial charge in [0, 0.05) is 49.5 Å². The van der Waals surface area contributed by atoms with Crippen LogP contribution in [0.3, 0.4) is 0 Å². The number of anilines is 1. The maximum absolute atomic E-state index is 13.5. The lowest BCUT2D eigenvalue weighted by atomic mass is 10.0. The van der Waals surface area contributed by atoms with Crippen molar-refractivity contribution in [3.8, 4) is 0 Å². The zero-order valence-corrected chi connectivity index (χ0v) is 18.1. The van der Waals surface area contributed by atoms with Crippen molar-refractivity contribution >= 4 is 23.2 Å². The number of fused-ring (bicyclic) bond motifs is 1. The third kappa shape index (κ3) is 4.50. The molecular weight excluding hydrogens is 382 g/mol. The molecule has 4 nitrogen and oxygen atoms in total. The molecule has 1 amide bonds. The number of benzene rings is 2. The van der Waals surface area contributed by atoms with E-state index in [1.807, 2.05) is 23.1 Å². The first kappa shape index (κ1) is 20.4. The molecule has 2 aliphatic heterocycles. The number of carbonyl (C=O) groups excluding carboxylic acids is 1. The Balaban J connectivity index is 1.43. The average molecular weight is 412 g/mol. The second-order valence-corrected chi connectivity index (χ2v) is 8.86. The number of nitrogens with zero attached hydrogens (tertiary/aromatic N) is 3. The zero-order chi connectivity index (χ0) is 20.4. The van der Waals surface area contributed by atoms with E-state index in [4.69, 9.17) is 11.6 Å². The number of aryl methyl sites for hydroxylation is 1. The molecule has 1 saturated heterocycles. The average Bonchev–Trinajstić information content (AvgIpc) is 2.86. The number of hydrogen-bond acceptors (Lipinski definition) is 3. The minimum atomic E-state index is -0.0255. The lowest BCUT2D eigenvalue weighted by Crippen LogP contribution is -2.56. The van der Waals surface area contributed by atoms with Crippen LogP contribution in [-0.2, 0) is 17.8 Å². The summed E-state index contributed by atoms with van der Waals surface area (Å²) >= 11 is 6.00. The minimum absolute atomic E-state index is 0.0255. The topological polar surface area (TPSA) is 26.8 Å². The van der Waals surface area contributed by atoms with Crippen molar-refractivity contribution < 1.29 is 4.79 Å². The van der Waals surface area contributed by atoms with Crippen LogP contribution in [0.25, 0.3) is 0 Å². The Morgan fingerprint density at radius 2 is 1.69 bits per heavy atom. The Kier molecular flexibility index (Phi) is 6.23. The second kappa shape index (κ2) is 8.86. The smallest absolute Gasteiger partial charge is 0.244 e. The predicted molar refractivity (Wildman–Crippen MR) is 119 cm³/mol. The van der Waals surface area contributed by atoms with Gasteiger partial charge < -0.3 is 4.90 Å². The van der Waals surface area contributed by atoms with Gasteiger partial charge >= 0.3 is 0 Å². The van der Waals surface area contributed by atoms with Crippen LogP contribution in [0.4, 0.5) is 5.69 Å². The molecule has 0 saturated carbocycles. The lowest BCUT2D eigenvalue weighted by Gasteiger charge is -2.40. The normalized spacial score (nSPS) is 21.3. The number of para-hydroxylation sites is 1. The van der Waals surface area contributed by atoms with Crippen LogP contribution >= 0.6 is 11.6 Å². The summed E-state index contributed by atoms with van der Waals surface area (Å²) in [5.41, 5.74) is 3.67. The monoisotopic (exact) mass is 411 g/mol. The van der Waals surface area contributed by atoms with Gasteiger partial charge in [0.2, 0.25) is 5.91 Å². The molecule has 0 aromatic heterocycles. The SMILES string of the molecule is CC(C)N1C(=O)C(N2CCN(Cc3ccc(Cl)cc3)CC2)CCc2ccccc21. The molecule has 1 fully saturated rings. The summed E-state index contributed by atoms with van der Waals surface area (Å²) in [5.74, 6) is 0.260. The van der Waals surface area contributed by atoms with E-state index in [0.29, 0.717) is 0 Å². The molecule has 4 rings (SSSR count). The van der Waals surface area contributed by atoms with Gasteiger partial charge in [-0.2, -0.15) is 0 Å². The summed E-state index contributed by atoms with van der Waals surface area (Å²) < 4.78 is 0. The number of rotatable bonds is 4. The van der Waals surface area contributed by atoms with Crippen LogP contribution in [0, 0.1) is 0 Å². The van der Waals surface area contributed by atoms with E-state index in [1.54, 1.807) is 0 Å². The van der Waals surface area contributed by atoms with Gasteiger partial charge in [-0.15, -0.1) is 0 Å². The fourth-order valence-electron chi connectivity index (χ4n) is 4.60. The molecule has 5 heteroatoms. The molecule has 0 radical (unpaired) electrons. The molecule has 2 aromatic carbocycles. The van der Waals surface area contributed by atoms with Crippen molar-refractivity contribution in [2.45, 2.75) is 45.3 Å². The van der Waals surface area contributed by atoms with Gasteiger partial charge in [0.25, 0.3) is 0 Å². The standard InChI is InChI=1S/C24H30ClN3O/c1-18(2)28-22-6-4-3-5-20(22)9-12-23(24(28)29)27-15-13-26(14-16-27)17-19-7-10-21(25)11-8-19/h3-8,10-11,18,23H,9,12-17H2,1-2H3. The summed E-state index contributed by atoms with van der Waals surface area (Å²) in [7, 11) is 0. The number of carbonyl (C=O) groups is 1. The quantitative estimate of drug-likeness (QED) is 0.753. The van der Waals surface area contributed by atoms with Crippen LogP contribution in [-0.4, -0.2) is 54.0 Å². The fourth-order valence-corrected chi connectivity index (χ4v) is 4.73. The molecule has 2 aromatic rings. The van der Waals surface area contributed by atoms with Crippen molar-refractivity contribution in [2.75, 3.05) is 31.1 Å². The van der Waals surface area contributed by atoms with E-state index in [1.165, 1.54) is 11.1 Å². The molecule has 0 bridgehead atoms. The van der Waals surface area contributed by atoms with Gasteiger partial charge in [-0.1, -0.05) is 41.9 Å². The van der Waals surface area contributed by atoms with E-state index in [9.17, 15) is 4.79 Å². The van der Waals surface area contributed by atoms with E-state index in [-0.39, 0.29) is 18.0 Å². The molecule has 2 heterocycles. The third-order valence-electron chi connectivity index (χ3n) is 6.14. The highest BCUT2D eigenvalue weighted by Crippen LogP contribution is 2.30. The molecular formula is C24H30ClN3O. The minimum Gasteiger partial charge on any atom is -0.308 e. The van der Waals surface area contributed by atoms with Gasteiger partial charge in [0.05, 0.1) is 6.04 Å². The van der Waals surface area contributed by atoms with Gasteiger partial charge in [0.15, 0.2) is 0 Å². The Hall–Kier alpha value is -1.88. The first-order valence-electron chi connectivity index (χ1n) is 10.6. The van der Waals surface area contributed by atoms with Crippen LogP contribution in [0.15, 0.2) is 48.5 Å². The number of piperazine rings is 1. The summed E-state index contributed by atoms with van der Waals surface area (Å²) in [6, 6.07) is 16.6. The molecule has 154 valence electrons. The molecule has 0 spiro atoms. The van der Waals surface area contributed by atoms with Gasteiger partial charge in [-0.3, -0.25) is 14.6 Å². The summed E-state index contributed by atoms with van der Waals surface area (Å²) in [6.07, 6.45) is 1.86. The van der Waals surface area contributed by atoms with E-state index >= 15 is 0 Å². The van der Waals surface area contributed by atoms with Gasteiger partial charge in [-0.05, 0) is 56.0 Å². The van der Waals surface area contributed by atoms with Crippen molar-refractivity contribution in [3.63, 3.8) is 0 Å². The number of amides is 1. The Morgan fingerprint density at radius 1 is 1.00 bits per heavy atom. The lowest BCUT2D eigenvalue weighted by molar-refractivity contribution is -0.125. The molecule has 2 aliphatic rings. The zero-order valence-electron chi connectivity index (χ0n) is 17.4. The van der Waals surface area contributed by atoms with Crippen molar-refractivity contribution in [1.29, 1.82) is 0 Å². The Labute approximate surface area is 179 Å². The number of hydrogen-bond donors (Lipinski definition) is 0. The van der Waals surface area contributed by atoms with E-state index < -0.39 is 0 Å². The maximum atomic E-state index is 13.5. The van der Waals surface area contributed by atoms with Crippen LogP contribution < -0.4 is 4.90 Å². The molecule has 0 aliphatic carbocycles. The largest absolute Gasteiger partial charge is 0.308 e.